The van der Waals surface area contributed by atoms with Crippen molar-refractivity contribution < 1.29 is 4.79 Å². The second-order valence-corrected chi connectivity index (χ2v) is 6.25. The minimum Gasteiger partial charge on any atom is -0.320 e. The van der Waals surface area contributed by atoms with E-state index >= 15 is 0 Å². The number of fused-ring (bicyclic) bond motifs is 1. The van der Waals surface area contributed by atoms with Gasteiger partial charge in [0, 0.05) is 23.0 Å². The quantitative estimate of drug-likeness (QED) is 0.759. The number of halogens is 1. The van der Waals surface area contributed by atoms with Gasteiger partial charge >= 0.3 is 0 Å². The third kappa shape index (κ3) is 2.94. The number of carbonyl (C=O) groups is 1. The second kappa shape index (κ2) is 6.05. The number of carbonyl (C=O) groups excluding carboxylic acids is 1. The topological polar surface area (TPSA) is 46.4 Å². The van der Waals surface area contributed by atoms with Crippen LogP contribution in [0.2, 0.25) is 5.02 Å². The lowest BCUT2D eigenvalue weighted by atomic mass is 10.0. The molecule has 0 spiro atoms. The molecule has 118 valence electrons. The molecule has 0 aliphatic rings. The summed E-state index contributed by atoms with van der Waals surface area (Å²) < 4.78 is 1.76. The van der Waals surface area contributed by atoms with E-state index in [0.29, 0.717) is 28.0 Å². The lowest BCUT2D eigenvalue weighted by molar-refractivity contribution is 0.102. The lowest BCUT2D eigenvalue weighted by Crippen LogP contribution is -2.16. The summed E-state index contributed by atoms with van der Waals surface area (Å²) in [6.45, 7) is 6.03. The summed E-state index contributed by atoms with van der Waals surface area (Å²) in [5, 5.41) is 3.61. The fourth-order valence-corrected chi connectivity index (χ4v) is 2.86. The normalized spacial score (nSPS) is 11.2. The van der Waals surface area contributed by atoms with Crippen molar-refractivity contribution in [2.45, 2.75) is 26.7 Å². The number of hydrogen-bond donors (Lipinski definition) is 1. The number of imidazole rings is 1. The molecule has 2 heterocycles. The molecule has 5 heteroatoms. The van der Waals surface area contributed by atoms with Crippen LogP contribution in [0, 0.1) is 6.92 Å². The number of aryl methyl sites for hydroxylation is 1. The number of amides is 1. The van der Waals surface area contributed by atoms with E-state index in [1.807, 2.05) is 31.2 Å². The molecule has 0 unspecified atom stereocenters. The van der Waals surface area contributed by atoms with E-state index in [0.717, 1.165) is 11.3 Å². The van der Waals surface area contributed by atoms with E-state index in [-0.39, 0.29) is 5.91 Å². The van der Waals surface area contributed by atoms with Crippen LogP contribution >= 0.6 is 11.6 Å². The van der Waals surface area contributed by atoms with Crippen molar-refractivity contribution in [3.8, 4) is 0 Å². The van der Waals surface area contributed by atoms with E-state index in [4.69, 9.17) is 11.6 Å². The van der Waals surface area contributed by atoms with Gasteiger partial charge in [0.05, 0.1) is 5.69 Å². The van der Waals surface area contributed by atoms with E-state index in [1.54, 1.807) is 22.7 Å². The number of pyridine rings is 1. The molecule has 0 saturated carbocycles. The largest absolute Gasteiger partial charge is 0.320 e. The average Bonchev–Trinajstić information content (AvgIpc) is 2.82. The predicted octanol–water partition coefficient (Wildman–Crippen LogP) is 4.67. The Bertz CT molecular complexity index is 883. The molecule has 3 rings (SSSR count). The van der Waals surface area contributed by atoms with E-state index < -0.39 is 0 Å². The third-order valence-electron chi connectivity index (χ3n) is 3.81. The SMILES string of the molecule is Cc1nc2cc(Cl)ccn2c1C(=O)Nc1ccccc1C(C)C. The molecule has 2 aromatic heterocycles. The van der Waals surface area contributed by atoms with Crippen molar-refractivity contribution in [2.75, 3.05) is 5.32 Å². The van der Waals surface area contributed by atoms with Crippen molar-refractivity contribution >= 4 is 28.8 Å². The maximum Gasteiger partial charge on any atom is 0.274 e. The van der Waals surface area contributed by atoms with Crippen molar-refractivity contribution in [3.63, 3.8) is 0 Å². The summed E-state index contributed by atoms with van der Waals surface area (Å²) in [4.78, 5) is 17.2. The monoisotopic (exact) mass is 327 g/mol. The van der Waals surface area contributed by atoms with Crippen LogP contribution in [0.25, 0.3) is 5.65 Å². The zero-order valence-corrected chi connectivity index (χ0v) is 14.1. The standard InChI is InChI=1S/C18H18ClN3O/c1-11(2)14-6-4-5-7-15(14)21-18(23)17-12(3)20-16-10-13(19)8-9-22(16)17/h4-11H,1-3H3,(H,21,23). The summed E-state index contributed by atoms with van der Waals surface area (Å²) in [7, 11) is 0. The molecule has 1 N–H and O–H groups in total. The molecular weight excluding hydrogens is 310 g/mol. The fourth-order valence-electron chi connectivity index (χ4n) is 2.71. The summed E-state index contributed by atoms with van der Waals surface area (Å²) in [5.74, 6) is 0.152. The molecule has 1 aromatic carbocycles. The molecule has 0 radical (unpaired) electrons. The molecule has 4 nitrogen and oxygen atoms in total. The molecule has 1 amide bonds. The van der Waals surface area contributed by atoms with Crippen molar-refractivity contribution in [1.82, 2.24) is 9.38 Å². The van der Waals surface area contributed by atoms with Crippen LogP contribution in [0.5, 0.6) is 0 Å². The summed E-state index contributed by atoms with van der Waals surface area (Å²) in [6.07, 6.45) is 1.76. The Kier molecular flexibility index (Phi) is 4.09. The van der Waals surface area contributed by atoms with Gasteiger partial charge in [-0.05, 0) is 30.5 Å². The summed E-state index contributed by atoms with van der Waals surface area (Å²) in [5.41, 5.74) is 3.80. The first-order valence-corrected chi connectivity index (χ1v) is 7.89. The smallest absolute Gasteiger partial charge is 0.274 e. The number of hydrogen-bond acceptors (Lipinski definition) is 2. The highest BCUT2D eigenvalue weighted by Crippen LogP contribution is 2.25. The van der Waals surface area contributed by atoms with Crippen molar-refractivity contribution in [3.05, 3.63) is 64.6 Å². The first-order valence-electron chi connectivity index (χ1n) is 7.52. The minimum atomic E-state index is -0.176. The first kappa shape index (κ1) is 15.6. The average molecular weight is 328 g/mol. The van der Waals surface area contributed by atoms with Gasteiger partial charge in [0.15, 0.2) is 0 Å². The van der Waals surface area contributed by atoms with Gasteiger partial charge in [0.1, 0.15) is 11.3 Å². The van der Waals surface area contributed by atoms with Crippen LogP contribution in [0.1, 0.15) is 41.5 Å². The Balaban J connectivity index is 2.01. The minimum absolute atomic E-state index is 0.176. The molecule has 0 atom stereocenters. The highest BCUT2D eigenvalue weighted by molar-refractivity contribution is 6.30. The first-order chi connectivity index (χ1) is 11.0. The third-order valence-corrected chi connectivity index (χ3v) is 4.04. The number of para-hydroxylation sites is 1. The number of nitrogens with zero attached hydrogens (tertiary/aromatic N) is 2. The van der Waals surface area contributed by atoms with Crippen LogP contribution in [0.4, 0.5) is 5.69 Å². The highest BCUT2D eigenvalue weighted by Gasteiger charge is 2.18. The van der Waals surface area contributed by atoms with Crippen LogP contribution in [0.15, 0.2) is 42.6 Å². The number of benzene rings is 1. The molecule has 0 fully saturated rings. The van der Waals surface area contributed by atoms with Crippen molar-refractivity contribution in [2.24, 2.45) is 0 Å². The molecule has 3 aromatic rings. The Hall–Kier alpha value is -2.33. The molecule has 23 heavy (non-hydrogen) atoms. The fraction of sp³-hybridized carbons (Fsp3) is 0.222. The molecule has 0 saturated heterocycles. The van der Waals surface area contributed by atoms with Gasteiger partial charge in [0.25, 0.3) is 5.91 Å². The number of aromatic nitrogens is 2. The van der Waals surface area contributed by atoms with Crippen LogP contribution in [-0.2, 0) is 0 Å². The van der Waals surface area contributed by atoms with Crippen LogP contribution < -0.4 is 5.32 Å². The van der Waals surface area contributed by atoms with Gasteiger partial charge in [-0.2, -0.15) is 0 Å². The Morgan fingerprint density at radius 2 is 2.00 bits per heavy atom. The zero-order chi connectivity index (χ0) is 16.6. The van der Waals surface area contributed by atoms with Crippen molar-refractivity contribution in [1.29, 1.82) is 0 Å². The van der Waals surface area contributed by atoms with Crippen LogP contribution in [-0.4, -0.2) is 15.3 Å². The zero-order valence-electron chi connectivity index (χ0n) is 13.3. The number of anilines is 1. The van der Waals surface area contributed by atoms with Gasteiger partial charge in [-0.1, -0.05) is 43.6 Å². The maximum atomic E-state index is 12.8. The Labute approximate surface area is 140 Å². The summed E-state index contributed by atoms with van der Waals surface area (Å²) >= 11 is 5.99. The number of nitrogens with one attached hydrogen (secondary N) is 1. The lowest BCUT2D eigenvalue weighted by Gasteiger charge is -2.13. The van der Waals surface area contributed by atoms with Gasteiger partial charge in [-0.25, -0.2) is 4.98 Å². The Morgan fingerprint density at radius 3 is 2.74 bits per heavy atom. The predicted molar refractivity (Wildman–Crippen MR) is 93.4 cm³/mol. The number of rotatable bonds is 3. The Morgan fingerprint density at radius 1 is 1.26 bits per heavy atom. The molecular formula is C18H18ClN3O. The molecule has 0 aliphatic heterocycles. The van der Waals surface area contributed by atoms with Gasteiger partial charge < -0.3 is 5.32 Å². The maximum absolute atomic E-state index is 12.8. The molecule has 0 aliphatic carbocycles. The molecule has 0 bridgehead atoms. The van der Waals surface area contributed by atoms with E-state index in [2.05, 4.69) is 24.1 Å². The van der Waals surface area contributed by atoms with Gasteiger partial charge in [-0.3, -0.25) is 9.20 Å². The second-order valence-electron chi connectivity index (χ2n) is 5.82. The van der Waals surface area contributed by atoms with Gasteiger partial charge in [0.2, 0.25) is 0 Å². The van der Waals surface area contributed by atoms with E-state index in [9.17, 15) is 4.79 Å². The highest BCUT2D eigenvalue weighted by atomic mass is 35.5. The summed E-state index contributed by atoms with van der Waals surface area (Å²) in [6, 6.07) is 11.3. The van der Waals surface area contributed by atoms with E-state index in [1.165, 1.54) is 0 Å². The van der Waals surface area contributed by atoms with Crippen LogP contribution in [0.3, 0.4) is 0 Å². The van der Waals surface area contributed by atoms with Gasteiger partial charge in [-0.15, -0.1) is 0 Å².